The highest BCUT2D eigenvalue weighted by atomic mass is 35.5. The third-order valence-electron chi connectivity index (χ3n) is 3.69. The fourth-order valence-electron chi connectivity index (χ4n) is 2.60. The fourth-order valence-corrected chi connectivity index (χ4v) is 3.65. The normalized spacial score (nSPS) is 23.1. The van der Waals surface area contributed by atoms with Gasteiger partial charge in [-0.25, -0.2) is 0 Å². The first-order valence-corrected chi connectivity index (χ1v) is 7.72. The molecule has 1 aromatic rings. The molecule has 1 unspecified atom stereocenters. The van der Waals surface area contributed by atoms with Crippen LogP contribution in [0.3, 0.4) is 0 Å². The van der Waals surface area contributed by atoms with Gasteiger partial charge in [0.2, 0.25) is 5.91 Å². The number of nitrogens with two attached hydrogens (primary N) is 1. The first-order chi connectivity index (χ1) is 9.11. The maximum Gasteiger partial charge on any atom is 0.223 e. The van der Waals surface area contributed by atoms with Crippen molar-refractivity contribution >= 4 is 41.3 Å². The lowest BCUT2D eigenvalue weighted by Gasteiger charge is -2.18. The zero-order valence-electron chi connectivity index (χ0n) is 11.0. The summed E-state index contributed by atoms with van der Waals surface area (Å²) in [5.74, 6) is 0.298. The summed E-state index contributed by atoms with van der Waals surface area (Å²) >= 11 is 7.14. The smallest absolute Gasteiger partial charge is 0.223 e. The molecule has 7 heteroatoms. The Morgan fingerprint density at radius 1 is 1.55 bits per heavy atom. The largest absolute Gasteiger partial charge is 0.386 e. The van der Waals surface area contributed by atoms with Crippen LogP contribution < -0.4 is 11.1 Å². The second kappa shape index (κ2) is 8.20. The number of nitrogens with one attached hydrogen (secondary N) is 1. The molecule has 1 heterocycles. The van der Waals surface area contributed by atoms with Crippen molar-refractivity contribution in [2.45, 2.75) is 25.4 Å². The zero-order valence-corrected chi connectivity index (χ0v) is 13.4. The monoisotopic (exact) mass is 338 g/mol. The van der Waals surface area contributed by atoms with Gasteiger partial charge in [-0.15, -0.1) is 23.7 Å². The van der Waals surface area contributed by atoms with Gasteiger partial charge in [0.15, 0.2) is 0 Å². The van der Waals surface area contributed by atoms with Crippen molar-refractivity contribution in [2.75, 3.05) is 13.1 Å². The first kappa shape index (κ1) is 17.7. The topological polar surface area (TPSA) is 75.4 Å². The van der Waals surface area contributed by atoms with Gasteiger partial charge in [0, 0.05) is 17.3 Å². The molecule has 0 saturated heterocycles. The molecule has 1 fully saturated rings. The number of hydrogen-bond acceptors (Lipinski definition) is 4. The quantitative estimate of drug-likeness (QED) is 0.771. The van der Waals surface area contributed by atoms with Crippen LogP contribution in [0.5, 0.6) is 0 Å². The predicted molar refractivity (Wildman–Crippen MR) is 84.4 cm³/mol. The van der Waals surface area contributed by atoms with Gasteiger partial charge in [-0.3, -0.25) is 4.79 Å². The summed E-state index contributed by atoms with van der Waals surface area (Å²) in [5, 5.41) is 12.8. The molecule has 0 aromatic carbocycles. The number of amides is 1. The van der Waals surface area contributed by atoms with Crippen LogP contribution in [-0.4, -0.2) is 24.1 Å². The van der Waals surface area contributed by atoms with E-state index in [1.807, 2.05) is 0 Å². The highest BCUT2D eigenvalue weighted by Crippen LogP contribution is 2.31. The first-order valence-electron chi connectivity index (χ1n) is 6.53. The summed E-state index contributed by atoms with van der Waals surface area (Å²) in [4.78, 5) is 12.8. The molecule has 4 nitrogen and oxygen atoms in total. The molecule has 1 aliphatic carbocycles. The highest BCUT2D eigenvalue weighted by Gasteiger charge is 2.31. The van der Waals surface area contributed by atoms with Crippen molar-refractivity contribution in [1.82, 2.24) is 5.32 Å². The van der Waals surface area contributed by atoms with Crippen LogP contribution in [0.15, 0.2) is 12.1 Å². The van der Waals surface area contributed by atoms with E-state index in [4.69, 9.17) is 17.3 Å². The maximum atomic E-state index is 12.1. The van der Waals surface area contributed by atoms with Crippen LogP contribution in [0.2, 0.25) is 4.34 Å². The fraction of sp³-hybridized carbons (Fsp3) is 0.615. The van der Waals surface area contributed by atoms with Crippen molar-refractivity contribution in [3.05, 3.63) is 21.3 Å². The Kier molecular flexibility index (Phi) is 7.26. The van der Waals surface area contributed by atoms with Gasteiger partial charge >= 0.3 is 0 Å². The summed E-state index contributed by atoms with van der Waals surface area (Å²) < 4.78 is 0.638. The molecule has 0 radical (unpaired) electrons. The predicted octanol–water partition coefficient (Wildman–Crippen LogP) is 2.35. The number of hydrogen-bond donors (Lipinski definition) is 3. The number of aliphatic hydroxyl groups excluding tert-OH is 1. The molecular formula is C13H20Cl2N2O2S. The summed E-state index contributed by atoms with van der Waals surface area (Å²) in [6.45, 7) is 0.782. The molecule has 114 valence electrons. The average Bonchev–Trinajstić information content (AvgIpc) is 3.03. The van der Waals surface area contributed by atoms with Crippen LogP contribution >= 0.6 is 35.3 Å². The number of halogens is 2. The van der Waals surface area contributed by atoms with Crippen LogP contribution in [-0.2, 0) is 4.79 Å². The average molecular weight is 339 g/mol. The summed E-state index contributed by atoms with van der Waals surface area (Å²) in [6.07, 6.45) is 2.29. The van der Waals surface area contributed by atoms with E-state index in [0.717, 1.165) is 24.1 Å². The number of carbonyl (C=O) groups is 1. The molecule has 1 amide bonds. The van der Waals surface area contributed by atoms with E-state index in [2.05, 4.69) is 5.32 Å². The molecule has 1 saturated carbocycles. The SMILES string of the molecule is Cl.NC[C@H]1CCC[C@H]1C(=O)NCC(O)c1ccc(Cl)s1. The molecule has 0 bridgehead atoms. The lowest BCUT2D eigenvalue weighted by atomic mass is 9.95. The molecule has 3 atom stereocenters. The minimum Gasteiger partial charge on any atom is -0.386 e. The lowest BCUT2D eigenvalue weighted by Crippen LogP contribution is -2.37. The van der Waals surface area contributed by atoms with E-state index in [1.165, 1.54) is 11.3 Å². The Morgan fingerprint density at radius 3 is 2.90 bits per heavy atom. The summed E-state index contributed by atoms with van der Waals surface area (Å²) in [7, 11) is 0. The van der Waals surface area contributed by atoms with Gasteiger partial charge in [0.25, 0.3) is 0 Å². The number of aliphatic hydroxyl groups is 1. The van der Waals surface area contributed by atoms with Crippen molar-refractivity contribution in [1.29, 1.82) is 0 Å². The van der Waals surface area contributed by atoms with E-state index in [1.54, 1.807) is 12.1 Å². The maximum absolute atomic E-state index is 12.1. The van der Waals surface area contributed by atoms with Gasteiger partial charge in [-0.05, 0) is 37.4 Å². The minimum atomic E-state index is -0.695. The zero-order chi connectivity index (χ0) is 13.8. The molecule has 1 aliphatic rings. The second-order valence-corrected chi connectivity index (χ2v) is 6.68. The number of carbonyl (C=O) groups excluding carboxylic acids is 1. The molecule has 2 rings (SSSR count). The van der Waals surface area contributed by atoms with Crippen molar-refractivity contribution in [2.24, 2.45) is 17.6 Å². The van der Waals surface area contributed by atoms with Gasteiger partial charge in [-0.2, -0.15) is 0 Å². The van der Waals surface area contributed by atoms with Crippen LogP contribution in [0, 0.1) is 11.8 Å². The Hall–Kier alpha value is -0.330. The second-order valence-electron chi connectivity index (χ2n) is 4.94. The summed E-state index contributed by atoms with van der Waals surface area (Å²) in [6, 6.07) is 3.52. The number of rotatable bonds is 5. The van der Waals surface area contributed by atoms with E-state index in [9.17, 15) is 9.90 Å². The van der Waals surface area contributed by atoms with E-state index < -0.39 is 6.10 Å². The van der Waals surface area contributed by atoms with E-state index >= 15 is 0 Å². The standard InChI is InChI=1S/C13H19ClN2O2S.ClH/c14-12-5-4-11(19-12)10(17)7-16-13(18)9-3-1-2-8(9)6-15;/h4-5,8-10,17H,1-3,6-7,15H2,(H,16,18);1H/t8-,9-,10?;/m1./s1. The van der Waals surface area contributed by atoms with Gasteiger partial charge < -0.3 is 16.2 Å². The van der Waals surface area contributed by atoms with Crippen molar-refractivity contribution < 1.29 is 9.90 Å². The van der Waals surface area contributed by atoms with Gasteiger partial charge in [0.1, 0.15) is 6.10 Å². The van der Waals surface area contributed by atoms with Gasteiger partial charge in [-0.1, -0.05) is 18.0 Å². The Bertz CT molecular complexity index is 442. The van der Waals surface area contributed by atoms with Gasteiger partial charge in [0.05, 0.1) is 4.34 Å². The summed E-state index contributed by atoms with van der Waals surface area (Å²) in [5.41, 5.74) is 5.67. The van der Waals surface area contributed by atoms with E-state index in [-0.39, 0.29) is 36.7 Å². The molecule has 0 spiro atoms. The minimum absolute atomic E-state index is 0. The molecular weight excluding hydrogens is 319 g/mol. The molecule has 4 N–H and O–H groups in total. The molecule has 0 aliphatic heterocycles. The Balaban J connectivity index is 0.00000200. The van der Waals surface area contributed by atoms with Crippen LogP contribution in [0.4, 0.5) is 0 Å². The van der Waals surface area contributed by atoms with Crippen LogP contribution in [0.25, 0.3) is 0 Å². The lowest BCUT2D eigenvalue weighted by molar-refractivity contribution is -0.126. The number of thiophene rings is 1. The van der Waals surface area contributed by atoms with E-state index in [0.29, 0.717) is 10.9 Å². The Labute approximate surface area is 134 Å². The molecule has 20 heavy (non-hydrogen) atoms. The third kappa shape index (κ3) is 4.33. The van der Waals surface area contributed by atoms with Crippen molar-refractivity contribution in [3.8, 4) is 0 Å². The van der Waals surface area contributed by atoms with Crippen molar-refractivity contribution in [3.63, 3.8) is 0 Å². The highest BCUT2D eigenvalue weighted by molar-refractivity contribution is 7.16. The van der Waals surface area contributed by atoms with Crippen LogP contribution in [0.1, 0.15) is 30.2 Å². The molecule has 1 aromatic heterocycles. The third-order valence-corrected chi connectivity index (χ3v) is 5.02. The Morgan fingerprint density at radius 2 is 2.30 bits per heavy atom.